The number of hydrogen-bond acceptors (Lipinski definition) is 5. The first kappa shape index (κ1) is 20.9. The second kappa shape index (κ2) is 8.68. The molecule has 0 aromatic carbocycles. The Labute approximate surface area is 167 Å². The van der Waals surface area contributed by atoms with Crippen molar-refractivity contribution in [3.63, 3.8) is 0 Å². The Hall–Kier alpha value is -1.83. The minimum Gasteiger partial charge on any atom is -0.475 e. The van der Waals surface area contributed by atoms with Gasteiger partial charge in [-0.1, -0.05) is 26.2 Å². The Balaban J connectivity index is 1.60. The number of nitrogens with one attached hydrogen (secondary N) is 1. The van der Waals surface area contributed by atoms with E-state index in [4.69, 9.17) is 4.74 Å². The summed E-state index contributed by atoms with van der Waals surface area (Å²) in [5.74, 6) is 0.606. The fourth-order valence-electron chi connectivity index (χ4n) is 4.01. The summed E-state index contributed by atoms with van der Waals surface area (Å²) in [6, 6.07) is 3.46. The number of sulfone groups is 1. The van der Waals surface area contributed by atoms with Crippen LogP contribution in [0, 0.1) is 0 Å². The number of ether oxygens (including phenoxy) is 1. The highest BCUT2D eigenvalue weighted by Crippen LogP contribution is 2.38. The van der Waals surface area contributed by atoms with Crippen LogP contribution in [0.3, 0.4) is 0 Å². The van der Waals surface area contributed by atoms with Crippen LogP contribution in [0.5, 0.6) is 5.88 Å². The molecule has 2 aliphatic rings. The number of rotatable bonds is 5. The predicted octanol–water partition coefficient (Wildman–Crippen LogP) is 2.90. The molecule has 1 aromatic rings. The van der Waals surface area contributed by atoms with Gasteiger partial charge in [0.1, 0.15) is 0 Å². The van der Waals surface area contributed by atoms with Crippen LogP contribution >= 0.6 is 0 Å². The first-order valence-electron chi connectivity index (χ1n) is 10.2. The fraction of sp³-hybridized carbons (Fsp3) is 0.700. The molecule has 1 atom stereocenters. The molecule has 2 heterocycles. The van der Waals surface area contributed by atoms with Crippen LogP contribution in [-0.4, -0.2) is 54.0 Å². The van der Waals surface area contributed by atoms with Crippen molar-refractivity contribution in [3.8, 4) is 5.88 Å². The molecule has 3 rings (SSSR count). The summed E-state index contributed by atoms with van der Waals surface area (Å²) in [6.45, 7) is 4.96. The number of urea groups is 1. The molecular formula is C20H31N3O4S. The summed E-state index contributed by atoms with van der Waals surface area (Å²) in [4.78, 5) is 18.6. The SMILES string of the molecule is CCC(C)Oc1cc(CNC(=O)N2CCS(=O)(=O)C3(CCCCC3)C2)ccn1. The van der Waals surface area contributed by atoms with Crippen LogP contribution in [0.1, 0.15) is 57.9 Å². The summed E-state index contributed by atoms with van der Waals surface area (Å²) in [5, 5.41) is 2.92. The molecule has 1 aromatic heterocycles. The Morgan fingerprint density at radius 3 is 2.82 bits per heavy atom. The van der Waals surface area contributed by atoms with E-state index in [0.29, 0.717) is 31.8 Å². The van der Waals surface area contributed by atoms with Crippen LogP contribution in [-0.2, 0) is 16.4 Å². The van der Waals surface area contributed by atoms with Crippen molar-refractivity contribution >= 4 is 15.9 Å². The van der Waals surface area contributed by atoms with E-state index in [1.54, 1.807) is 11.1 Å². The summed E-state index contributed by atoms with van der Waals surface area (Å²) in [5.41, 5.74) is 0.902. The molecule has 1 aliphatic heterocycles. The van der Waals surface area contributed by atoms with Crippen molar-refractivity contribution in [3.05, 3.63) is 23.9 Å². The molecule has 0 radical (unpaired) electrons. The van der Waals surface area contributed by atoms with Crippen LogP contribution in [0.4, 0.5) is 4.79 Å². The Bertz CT molecular complexity index is 790. The lowest BCUT2D eigenvalue weighted by atomic mass is 9.87. The van der Waals surface area contributed by atoms with E-state index >= 15 is 0 Å². The van der Waals surface area contributed by atoms with E-state index in [0.717, 1.165) is 31.2 Å². The maximum absolute atomic E-state index is 12.7. The third-order valence-corrected chi connectivity index (χ3v) is 8.54. The number of hydrogen-bond donors (Lipinski definition) is 1. The number of aromatic nitrogens is 1. The van der Waals surface area contributed by atoms with Crippen molar-refractivity contribution < 1.29 is 17.9 Å². The van der Waals surface area contributed by atoms with Crippen LogP contribution in [0.2, 0.25) is 0 Å². The van der Waals surface area contributed by atoms with Gasteiger partial charge in [0.2, 0.25) is 5.88 Å². The average molecular weight is 410 g/mol. The average Bonchev–Trinajstić information content (AvgIpc) is 2.69. The van der Waals surface area contributed by atoms with Crippen molar-refractivity contribution in [1.82, 2.24) is 15.2 Å². The minimum absolute atomic E-state index is 0.0581. The minimum atomic E-state index is -3.15. The predicted molar refractivity (Wildman–Crippen MR) is 108 cm³/mol. The van der Waals surface area contributed by atoms with E-state index in [9.17, 15) is 13.2 Å². The van der Waals surface area contributed by atoms with Crippen molar-refractivity contribution in [2.45, 2.75) is 69.8 Å². The summed E-state index contributed by atoms with van der Waals surface area (Å²) < 4.78 is 30.3. The molecule has 2 amide bonds. The van der Waals surface area contributed by atoms with Crippen LogP contribution in [0.15, 0.2) is 18.3 Å². The molecule has 28 heavy (non-hydrogen) atoms. The van der Waals surface area contributed by atoms with Gasteiger partial charge >= 0.3 is 6.03 Å². The van der Waals surface area contributed by atoms with Gasteiger partial charge in [-0.2, -0.15) is 0 Å². The maximum atomic E-state index is 12.7. The van der Waals surface area contributed by atoms with E-state index in [-0.39, 0.29) is 24.4 Å². The second-order valence-electron chi connectivity index (χ2n) is 7.98. The zero-order valence-electron chi connectivity index (χ0n) is 16.8. The Morgan fingerprint density at radius 1 is 1.36 bits per heavy atom. The first-order valence-corrected chi connectivity index (χ1v) is 11.9. The molecule has 0 bridgehead atoms. The van der Waals surface area contributed by atoms with Gasteiger partial charge in [0.25, 0.3) is 0 Å². The number of amides is 2. The van der Waals surface area contributed by atoms with Crippen LogP contribution < -0.4 is 10.1 Å². The summed E-state index contributed by atoms with van der Waals surface area (Å²) >= 11 is 0. The van der Waals surface area contributed by atoms with E-state index < -0.39 is 14.6 Å². The topological polar surface area (TPSA) is 88.6 Å². The molecular weight excluding hydrogens is 378 g/mol. The van der Waals surface area contributed by atoms with E-state index in [1.807, 2.05) is 26.0 Å². The standard InChI is InChI=1S/C20H31N3O4S/c1-3-16(2)27-18-13-17(7-10-21-18)14-22-19(24)23-11-12-28(25,26)20(15-23)8-5-4-6-9-20/h7,10,13,16H,3-6,8-9,11-12,14-15H2,1-2H3,(H,22,24). The molecule has 8 heteroatoms. The smallest absolute Gasteiger partial charge is 0.317 e. The molecule has 156 valence electrons. The molecule has 2 fully saturated rings. The number of nitrogens with zero attached hydrogens (tertiary/aromatic N) is 2. The van der Waals surface area contributed by atoms with E-state index in [1.165, 1.54) is 0 Å². The van der Waals surface area contributed by atoms with Gasteiger partial charge < -0.3 is 15.0 Å². The molecule has 7 nitrogen and oxygen atoms in total. The van der Waals surface area contributed by atoms with Crippen LogP contribution in [0.25, 0.3) is 0 Å². The highest BCUT2D eigenvalue weighted by atomic mass is 32.2. The normalized spacial score (nSPS) is 21.9. The van der Waals surface area contributed by atoms with Gasteiger partial charge in [0, 0.05) is 31.9 Å². The van der Waals surface area contributed by atoms with Gasteiger partial charge in [-0.05, 0) is 37.8 Å². The summed E-state index contributed by atoms with van der Waals surface area (Å²) in [6.07, 6.45) is 6.90. The zero-order valence-corrected chi connectivity index (χ0v) is 17.6. The van der Waals surface area contributed by atoms with Gasteiger partial charge in [-0.15, -0.1) is 0 Å². The lowest BCUT2D eigenvalue weighted by Crippen LogP contribution is -2.59. The Morgan fingerprint density at radius 2 is 2.11 bits per heavy atom. The van der Waals surface area contributed by atoms with Gasteiger partial charge in [0.15, 0.2) is 9.84 Å². The lowest BCUT2D eigenvalue weighted by Gasteiger charge is -2.44. The molecule has 1 aliphatic carbocycles. The third-order valence-electron chi connectivity index (χ3n) is 5.96. The largest absolute Gasteiger partial charge is 0.475 e. The highest BCUT2D eigenvalue weighted by Gasteiger charge is 2.49. The van der Waals surface area contributed by atoms with Crippen molar-refractivity contribution in [2.75, 3.05) is 18.8 Å². The third kappa shape index (κ3) is 4.59. The molecule has 1 N–H and O–H groups in total. The first-order chi connectivity index (χ1) is 13.4. The fourth-order valence-corrected chi connectivity index (χ4v) is 6.17. The maximum Gasteiger partial charge on any atom is 0.317 e. The number of carbonyl (C=O) groups is 1. The van der Waals surface area contributed by atoms with Gasteiger partial charge in [0.05, 0.1) is 16.6 Å². The van der Waals surface area contributed by atoms with Gasteiger partial charge in [-0.3, -0.25) is 0 Å². The number of carbonyl (C=O) groups excluding carboxylic acids is 1. The molecule has 1 spiro atoms. The highest BCUT2D eigenvalue weighted by molar-refractivity contribution is 7.92. The Kier molecular flexibility index (Phi) is 6.47. The number of pyridine rings is 1. The zero-order chi connectivity index (χ0) is 20.2. The van der Waals surface area contributed by atoms with Gasteiger partial charge in [-0.25, -0.2) is 18.2 Å². The monoisotopic (exact) mass is 409 g/mol. The van der Waals surface area contributed by atoms with Crippen molar-refractivity contribution in [2.24, 2.45) is 0 Å². The summed E-state index contributed by atoms with van der Waals surface area (Å²) in [7, 11) is -3.15. The second-order valence-corrected chi connectivity index (χ2v) is 10.5. The molecule has 1 unspecified atom stereocenters. The lowest BCUT2D eigenvalue weighted by molar-refractivity contribution is 0.180. The van der Waals surface area contributed by atoms with Crippen molar-refractivity contribution in [1.29, 1.82) is 0 Å². The molecule has 1 saturated carbocycles. The quantitative estimate of drug-likeness (QED) is 0.808. The molecule has 1 saturated heterocycles. The van der Waals surface area contributed by atoms with E-state index in [2.05, 4.69) is 10.3 Å².